The molecule has 4 nitrogen and oxygen atoms in total. The van der Waals surface area contributed by atoms with Gasteiger partial charge in [0.05, 0.1) is 18.7 Å². The fourth-order valence-electron chi connectivity index (χ4n) is 1.45. The van der Waals surface area contributed by atoms with Crippen LogP contribution in [0.2, 0.25) is 0 Å². The van der Waals surface area contributed by atoms with Crippen LogP contribution in [0.3, 0.4) is 0 Å². The molecule has 0 aliphatic heterocycles. The number of carbonyl (C=O) groups is 1. The first-order valence-corrected chi connectivity index (χ1v) is 5.84. The van der Waals surface area contributed by atoms with Crippen LogP contribution >= 0.6 is 0 Å². The van der Waals surface area contributed by atoms with Crippen LogP contribution in [0.4, 0.5) is 0 Å². The highest BCUT2D eigenvalue weighted by atomic mass is 16.5. The molecule has 0 aromatic heterocycles. The van der Waals surface area contributed by atoms with Crippen molar-refractivity contribution in [1.29, 1.82) is 5.26 Å². The maximum Gasteiger partial charge on any atom is 0.337 e. The van der Waals surface area contributed by atoms with Gasteiger partial charge in [-0.1, -0.05) is 17.9 Å². The number of hydrogen-bond donors (Lipinski definition) is 1. The normalized spacial score (nSPS) is 12.5. The van der Waals surface area contributed by atoms with Gasteiger partial charge in [-0.05, 0) is 25.1 Å². The minimum Gasteiger partial charge on any atom is -0.465 e. The lowest BCUT2D eigenvalue weighted by Crippen LogP contribution is -2.07. The average Bonchev–Trinajstić information content (AvgIpc) is 2.44. The summed E-state index contributed by atoms with van der Waals surface area (Å²) in [6, 6.07) is 8.69. The van der Waals surface area contributed by atoms with Crippen LogP contribution < -0.4 is 0 Å². The van der Waals surface area contributed by atoms with Gasteiger partial charge in [0.15, 0.2) is 0 Å². The quantitative estimate of drug-likeness (QED) is 0.661. The van der Waals surface area contributed by atoms with E-state index in [2.05, 4.69) is 16.6 Å². The summed E-state index contributed by atoms with van der Waals surface area (Å²) < 4.78 is 4.61. The van der Waals surface area contributed by atoms with Crippen molar-refractivity contribution in [3.63, 3.8) is 0 Å². The second-order valence-electron chi connectivity index (χ2n) is 4.12. The third-order valence-electron chi connectivity index (χ3n) is 2.46. The van der Waals surface area contributed by atoms with E-state index in [1.165, 1.54) is 7.11 Å². The molecule has 98 valence electrons. The standard InChI is InChI=1S/C15H15NO3/c1-11(10-16)8-14(17)7-6-12-4-3-5-13(9-12)15(18)19-2/h3-5,9,11,14,17H,8H2,1-2H3. The van der Waals surface area contributed by atoms with Crippen molar-refractivity contribution < 1.29 is 14.6 Å². The lowest BCUT2D eigenvalue weighted by atomic mass is 10.1. The summed E-state index contributed by atoms with van der Waals surface area (Å²) >= 11 is 0. The molecule has 2 atom stereocenters. The largest absolute Gasteiger partial charge is 0.465 e. The maximum absolute atomic E-state index is 11.3. The molecular weight excluding hydrogens is 242 g/mol. The fraction of sp³-hybridized carbons (Fsp3) is 0.333. The van der Waals surface area contributed by atoms with Crippen LogP contribution in [0.25, 0.3) is 0 Å². The molecule has 1 aromatic rings. The number of nitrogens with zero attached hydrogens (tertiary/aromatic N) is 1. The molecular formula is C15H15NO3. The molecule has 1 aromatic carbocycles. The number of benzene rings is 1. The molecule has 0 amide bonds. The molecule has 4 heteroatoms. The summed E-state index contributed by atoms with van der Waals surface area (Å²) in [6.07, 6.45) is -0.545. The molecule has 0 fully saturated rings. The van der Waals surface area contributed by atoms with Crippen LogP contribution in [0, 0.1) is 29.1 Å². The lowest BCUT2D eigenvalue weighted by molar-refractivity contribution is 0.0600. The monoisotopic (exact) mass is 257 g/mol. The Balaban J connectivity index is 2.78. The summed E-state index contributed by atoms with van der Waals surface area (Å²) in [6.45, 7) is 1.72. The summed E-state index contributed by atoms with van der Waals surface area (Å²) in [5.41, 5.74) is 1.03. The Morgan fingerprint density at radius 2 is 2.26 bits per heavy atom. The summed E-state index contributed by atoms with van der Waals surface area (Å²) in [4.78, 5) is 11.3. The first-order chi connectivity index (χ1) is 9.06. The molecule has 0 radical (unpaired) electrons. The van der Waals surface area contributed by atoms with E-state index < -0.39 is 12.1 Å². The molecule has 1 rings (SSSR count). The van der Waals surface area contributed by atoms with E-state index in [1.54, 1.807) is 31.2 Å². The Hall–Kier alpha value is -2.30. The van der Waals surface area contributed by atoms with E-state index in [4.69, 9.17) is 5.26 Å². The molecule has 1 N–H and O–H groups in total. The Morgan fingerprint density at radius 1 is 1.53 bits per heavy atom. The number of methoxy groups -OCH3 is 1. The van der Waals surface area contributed by atoms with E-state index in [9.17, 15) is 9.90 Å². The van der Waals surface area contributed by atoms with Crippen LogP contribution in [-0.2, 0) is 4.74 Å². The van der Waals surface area contributed by atoms with Crippen molar-refractivity contribution in [2.24, 2.45) is 5.92 Å². The molecule has 0 saturated heterocycles. The van der Waals surface area contributed by atoms with Gasteiger partial charge in [0.25, 0.3) is 0 Å². The van der Waals surface area contributed by atoms with Crippen molar-refractivity contribution >= 4 is 5.97 Å². The van der Waals surface area contributed by atoms with Gasteiger partial charge in [-0.3, -0.25) is 0 Å². The maximum atomic E-state index is 11.3. The molecule has 0 heterocycles. The number of hydrogen-bond acceptors (Lipinski definition) is 4. The third-order valence-corrected chi connectivity index (χ3v) is 2.46. The van der Waals surface area contributed by atoms with Crippen molar-refractivity contribution in [3.05, 3.63) is 35.4 Å². The highest BCUT2D eigenvalue weighted by molar-refractivity contribution is 5.89. The first-order valence-electron chi connectivity index (χ1n) is 5.84. The molecule has 2 unspecified atom stereocenters. The van der Waals surface area contributed by atoms with Gasteiger partial charge in [0.1, 0.15) is 6.10 Å². The van der Waals surface area contributed by atoms with Gasteiger partial charge in [0, 0.05) is 17.9 Å². The zero-order valence-corrected chi connectivity index (χ0v) is 10.9. The predicted molar refractivity (Wildman–Crippen MR) is 70.1 cm³/mol. The second-order valence-corrected chi connectivity index (χ2v) is 4.12. The van der Waals surface area contributed by atoms with E-state index in [0.717, 1.165) is 0 Å². The summed E-state index contributed by atoms with van der Waals surface area (Å²) in [7, 11) is 1.31. The van der Waals surface area contributed by atoms with Gasteiger partial charge in [0.2, 0.25) is 0 Å². The number of nitriles is 1. The number of carbonyl (C=O) groups excluding carboxylic acids is 1. The van der Waals surface area contributed by atoms with Crippen LogP contribution in [-0.4, -0.2) is 24.3 Å². The van der Waals surface area contributed by atoms with Gasteiger partial charge in [-0.2, -0.15) is 5.26 Å². The molecule has 0 spiro atoms. The third kappa shape index (κ3) is 4.83. The Kier molecular flexibility index (Phi) is 5.60. The van der Waals surface area contributed by atoms with Gasteiger partial charge >= 0.3 is 5.97 Å². The Morgan fingerprint density at radius 3 is 2.89 bits per heavy atom. The fourth-order valence-corrected chi connectivity index (χ4v) is 1.45. The molecule has 0 aliphatic carbocycles. The predicted octanol–water partition coefficient (Wildman–Crippen LogP) is 1.74. The van der Waals surface area contributed by atoms with E-state index >= 15 is 0 Å². The van der Waals surface area contributed by atoms with Gasteiger partial charge in [-0.15, -0.1) is 0 Å². The van der Waals surface area contributed by atoms with E-state index in [0.29, 0.717) is 17.5 Å². The molecule has 0 saturated carbocycles. The first kappa shape index (κ1) is 14.8. The summed E-state index contributed by atoms with van der Waals surface area (Å²) in [5, 5.41) is 18.3. The van der Waals surface area contributed by atoms with Crippen molar-refractivity contribution in [3.8, 4) is 17.9 Å². The van der Waals surface area contributed by atoms with Crippen molar-refractivity contribution in [1.82, 2.24) is 0 Å². The number of ether oxygens (including phenoxy) is 1. The zero-order valence-electron chi connectivity index (χ0n) is 10.9. The minimum absolute atomic E-state index is 0.245. The van der Waals surface area contributed by atoms with Crippen LogP contribution in [0.5, 0.6) is 0 Å². The zero-order chi connectivity index (χ0) is 14.3. The second kappa shape index (κ2) is 7.20. The Labute approximate surface area is 112 Å². The number of aliphatic hydroxyl groups is 1. The Bertz CT molecular complexity index is 548. The summed E-state index contributed by atoms with van der Waals surface area (Å²) in [5.74, 6) is 4.75. The number of esters is 1. The van der Waals surface area contributed by atoms with Gasteiger partial charge < -0.3 is 9.84 Å². The van der Waals surface area contributed by atoms with Crippen molar-refractivity contribution in [2.45, 2.75) is 19.4 Å². The highest BCUT2D eigenvalue weighted by Crippen LogP contribution is 2.07. The van der Waals surface area contributed by atoms with Crippen molar-refractivity contribution in [2.75, 3.05) is 7.11 Å². The highest BCUT2D eigenvalue weighted by Gasteiger charge is 2.07. The van der Waals surface area contributed by atoms with Crippen LogP contribution in [0.15, 0.2) is 24.3 Å². The minimum atomic E-state index is -0.851. The number of rotatable bonds is 3. The van der Waals surface area contributed by atoms with Gasteiger partial charge in [-0.25, -0.2) is 4.79 Å². The molecule has 0 aliphatic rings. The van der Waals surface area contributed by atoms with Crippen LogP contribution in [0.1, 0.15) is 29.3 Å². The van der Waals surface area contributed by atoms with E-state index in [-0.39, 0.29) is 5.92 Å². The lowest BCUT2D eigenvalue weighted by Gasteiger charge is -2.03. The SMILES string of the molecule is COC(=O)c1cccc(C#CC(O)CC(C)C#N)c1. The van der Waals surface area contributed by atoms with E-state index in [1.807, 2.05) is 6.07 Å². The molecule has 0 bridgehead atoms. The number of aliphatic hydroxyl groups excluding tert-OH is 1. The average molecular weight is 257 g/mol. The smallest absolute Gasteiger partial charge is 0.337 e. The topological polar surface area (TPSA) is 70.3 Å². The molecule has 19 heavy (non-hydrogen) atoms.